The summed E-state index contributed by atoms with van der Waals surface area (Å²) >= 11 is 1.72. The Morgan fingerprint density at radius 3 is 2.65 bits per heavy atom. The van der Waals surface area contributed by atoms with Gasteiger partial charge in [0.05, 0.1) is 21.4 Å². The fraction of sp³-hybridized carbons (Fsp3) is 0. The minimum absolute atomic E-state index is 0.891. The normalized spacial score (nSPS) is 11.5. The molecule has 0 saturated heterocycles. The highest BCUT2D eigenvalue weighted by Gasteiger charge is 2.13. The van der Waals surface area contributed by atoms with Gasteiger partial charge in [-0.05, 0) is 18.2 Å². The molecule has 0 N–H and O–H groups in total. The van der Waals surface area contributed by atoms with E-state index in [0.29, 0.717) is 0 Å². The summed E-state index contributed by atoms with van der Waals surface area (Å²) in [6.07, 6.45) is 1.63. The first-order valence-corrected chi connectivity index (χ1v) is 8.20. The van der Waals surface area contributed by atoms with Gasteiger partial charge < -0.3 is 0 Å². The molecule has 23 heavy (non-hydrogen) atoms. The average Bonchev–Trinajstić information content (AvgIpc) is 3.00. The van der Waals surface area contributed by atoms with Gasteiger partial charge in [0, 0.05) is 15.5 Å². The number of aromatic nitrogens is 3. The lowest BCUT2D eigenvalue weighted by Crippen LogP contribution is -1.89. The third-order valence-corrected chi connectivity index (χ3v) is 5.17. The quantitative estimate of drug-likeness (QED) is 0.434. The van der Waals surface area contributed by atoms with E-state index in [9.17, 15) is 0 Å². The number of para-hydroxylation sites is 1. The zero-order chi connectivity index (χ0) is 15.2. The Bertz CT molecular complexity index is 1180. The predicted octanol–water partition coefficient (Wildman–Crippen LogP) is 5.06. The molecule has 0 saturated carbocycles. The van der Waals surface area contributed by atoms with E-state index in [4.69, 9.17) is 4.98 Å². The molecule has 0 radical (unpaired) electrons. The van der Waals surface area contributed by atoms with Crippen molar-refractivity contribution in [1.29, 1.82) is 0 Å². The van der Waals surface area contributed by atoms with E-state index < -0.39 is 0 Å². The number of rotatable bonds is 1. The number of hydrogen-bond donors (Lipinski definition) is 0. The maximum Gasteiger partial charge on any atom is 0.116 e. The Morgan fingerprint density at radius 1 is 0.783 bits per heavy atom. The molecule has 0 bridgehead atoms. The second-order valence-corrected chi connectivity index (χ2v) is 6.44. The summed E-state index contributed by atoms with van der Waals surface area (Å²) in [4.78, 5) is 13.8. The van der Waals surface area contributed by atoms with Crippen LogP contribution in [0.15, 0.2) is 67.0 Å². The number of nitrogens with zero attached hydrogens (tertiary/aromatic N) is 3. The van der Waals surface area contributed by atoms with Crippen molar-refractivity contribution in [2.45, 2.75) is 0 Å². The van der Waals surface area contributed by atoms with Crippen LogP contribution in [0, 0.1) is 0 Å². The first-order valence-electron chi connectivity index (χ1n) is 7.38. The van der Waals surface area contributed by atoms with Crippen LogP contribution in [-0.2, 0) is 0 Å². The van der Waals surface area contributed by atoms with Gasteiger partial charge in [-0.2, -0.15) is 0 Å². The molecule has 0 unspecified atom stereocenters. The lowest BCUT2D eigenvalue weighted by molar-refractivity contribution is 1.22. The highest BCUT2D eigenvalue weighted by molar-refractivity contribution is 7.26. The first kappa shape index (κ1) is 12.7. The van der Waals surface area contributed by atoms with Crippen LogP contribution in [0.3, 0.4) is 0 Å². The first-order chi connectivity index (χ1) is 11.4. The Kier molecular flexibility index (Phi) is 2.66. The Balaban J connectivity index is 1.84. The van der Waals surface area contributed by atoms with Crippen molar-refractivity contribution >= 4 is 42.5 Å². The SMILES string of the molecule is c1ccc2nc(-c3ncnc4c3sc3ccccc34)ccc2c1. The zero-order valence-electron chi connectivity index (χ0n) is 12.1. The monoisotopic (exact) mass is 313 g/mol. The van der Waals surface area contributed by atoms with Crippen molar-refractivity contribution in [3.8, 4) is 11.4 Å². The van der Waals surface area contributed by atoms with E-state index in [0.717, 1.165) is 32.5 Å². The van der Waals surface area contributed by atoms with Crippen molar-refractivity contribution in [3.05, 3.63) is 67.0 Å². The third kappa shape index (κ3) is 1.92. The van der Waals surface area contributed by atoms with E-state index in [-0.39, 0.29) is 0 Å². The minimum Gasteiger partial charge on any atom is -0.246 e. The van der Waals surface area contributed by atoms with Crippen LogP contribution in [0.1, 0.15) is 0 Å². The molecular weight excluding hydrogens is 302 g/mol. The molecule has 0 amide bonds. The van der Waals surface area contributed by atoms with Crippen molar-refractivity contribution in [1.82, 2.24) is 15.0 Å². The maximum atomic E-state index is 4.78. The van der Waals surface area contributed by atoms with E-state index in [2.05, 4.69) is 40.3 Å². The molecule has 108 valence electrons. The van der Waals surface area contributed by atoms with Gasteiger partial charge in [-0.25, -0.2) is 15.0 Å². The highest BCUT2D eigenvalue weighted by atomic mass is 32.1. The highest BCUT2D eigenvalue weighted by Crippen LogP contribution is 2.37. The molecule has 2 aromatic carbocycles. The number of hydrogen-bond acceptors (Lipinski definition) is 4. The van der Waals surface area contributed by atoms with Crippen LogP contribution in [-0.4, -0.2) is 15.0 Å². The fourth-order valence-corrected chi connectivity index (χ4v) is 4.06. The van der Waals surface area contributed by atoms with E-state index in [1.165, 1.54) is 10.1 Å². The molecule has 5 rings (SSSR count). The van der Waals surface area contributed by atoms with E-state index in [1.54, 1.807) is 17.7 Å². The number of benzene rings is 2. The van der Waals surface area contributed by atoms with E-state index >= 15 is 0 Å². The second-order valence-electron chi connectivity index (χ2n) is 5.39. The minimum atomic E-state index is 0.891. The van der Waals surface area contributed by atoms with Gasteiger partial charge in [0.2, 0.25) is 0 Å². The number of thiophene rings is 1. The van der Waals surface area contributed by atoms with Gasteiger partial charge in [0.25, 0.3) is 0 Å². The Hall–Kier alpha value is -2.85. The molecule has 0 fully saturated rings. The van der Waals surface area contributed by atoms with Gasteiger partial charge in [-0.1, -0.05) is 42.5 Å². The molecule has 3 nitrogen and oxygen atoms in total. The van der Waals surface area contributed by atoms with E-state index in [1.807, 2.05) is 30.3 Å². The zero-order valence-corrected chi connectivity index (χ0v) is 12.9. The predicted molar refractivity (Wildman–Crippen MR) is 95.7 cm³/mol. The van der Waals surface area contributed by atoms with Crippen LogP contribution in [0.4, 0.5) is 0 Å². The Labute approximate surface area is 136 Å². The molecule has 5 aromatic rings. The van der Waals surface area contributed by atoms with Gasteiger partial charge in [-0.15, -0.1) is 11.3 Å². The average molecular weight is 313 g/mol. The van der Waals surface area contributed by atoms with Crippen molar-refractivity contribution in [2.24, 2.45) is 0 Å². The maximum absolute atomic E-state index is 4.78. The summed E-state index contributed by atoms with van der Waals surface area (Å²) in [5, 5.41) is 2.31. The summed E-state index contributed by atoms with van der Waals surface area (Å²) < 4.78 is 2.32. The van der Waals surface area contributed by atoms with Crippen LogP contribution in [0.2, 0.25) is 0 Å². The van der Waals surface area contributed by atoms with Crippen LogP contribution < -0.4 is 0 Å². The van der Waals surface area contributed by atoms with Crippen LogP contribution in [0.5, 0.6) is 0 Å². The van der Waals surface area contributed by atoms with Crippen LogP contribution >= 0.6 is 11.3 Å². The topological polar surface area (TPSA) is 38.7 Å². The van der Waals surface area contributed by atoms with Gasteiger partial charge in [-0.3, -0.25) is 0 Å². The number of pyridine rings is 1. The summed E-state index contributed by atoms with van der Waals surface area (Å²) in [5.41, 5.74) is 3.79. The molecule has 0 aliphatic rings. The standard InChI is InChI=1S/C19H11N3S/c1-3-7-14-12(5-1)9-10-15(22-14)18-19-17(20-11-21-18)13-6-2-4-8-16(13)23-19/h1-11H. The molecule has 4 heteroatoms. The largest absolute Gasteiger partial charge is 0.246 e. The molecule has 0 atom stereocenters. The van der Waals surface area contributed by atoms with Gasteiger partial charge in [0.15, 0.2) is 0 Å². The molecule has 0 aliphatic carbocycles. The molecule has 3 heterocycles. The lowest BCUT2D eigenvalue weighted by atomic mass is 10.1. The fourth-order valence-electron chi connectivity index (χ4n) is 2.90. The molecule has 0 spiro atoms. The lowest BCUT2D eigenvalue weighted by Gasteiger charge is -2.03. The molecular formula is C19H11N3S. The second kappa shape index (κ2) is 4.83. The molecule has 0 aliphatic heterocycles. The van der Waals surface area contributed by atoms with Gasteiger partial charge in [0.1, 0.15) is 12.0 Å². The number of fused-ring (bicyclic) bond motifs is 4. The summed E-state index contributed by atoms with van der Waals surface area (Å²) in [5.74, 6) is 0. The Morgan fingerprint density at radius 2 is 1.65 bits per heavy atom. The summed E-state index contributed by atoms with van der Waals surface area (Å²) in [7, 11) is 0. The van der Waals surface area contributed by atoms with Crippen LogP contribution in [0.25, 0.3) is 42.6 Å². The van der Waals surface area contributed by atoms with Crippen molar-refractivity contribution in [2.75, 3.05) is 0 Å². The van der Waals surface area contributed by atoms with Gasteiger partial charge >= 0.3 is 0 Å². The summed E-state index contributed by atoms with van der Waals surface area (Å²) in [6, 6.07) is 20.6. The molecule has 3 aromatic heterocycles. The van der Waals surface area contributed by atoms with Crippen molar-refractivity contribution in [3.63, 3.8) is 0 Å². The smallest absolute Gasteiger partial charge is 0.116 e. The van der Waals surface area contributed by atoms with Crippen molar-refractivity contribution < 1.29 is 0 Å². The third-order valence-electron chi connectivity index (χ3n) is 4.00. The summed E-state index contributed by atoms with van der Waals surface area (Å²) in [6.45, 7) is 0.